The Balaban J connectivity index is 1.94. The summed E-state index contributed by atoms with van der Waals surface area (Å²) in [6, 6.07) is 11.8. The molecule has 0 aliphatic carbocycles. The number of carbonyl (C=O) groups excluding carboxylic acids is 3. The van der Waals surface area contributed by atoms with Crippen LogP contribution in [0.1, 0.15) is 17.5 Å². The standard InChI is InChI=1S/C19H15FN2O5/c1-2-26-19(25)18(24)22-15-13-5-3-4-6-14(13)27-16(15)17(23)21-12-9-7-11(20)8-10-12/h3-10H,2H2,1H3,(H,21,23)(H,22,24). The zero-order valence-electron chi connectivity index (χ0n) is 14.2. The van der Waals surface area contributed by atoms with Gasteiger partial charge in [-0.15, -0.1) is 0 Å². The highest BCUT2D eigenvalue weighted by Gasteiger charge is 2.25. The molecule has 138 valence electrons. The number of para-hydroxylation sites is 1. The average molecular weight is 370 g/mol. The zero-order valence-corrected chi connectivity index (χ0v) is 14.2. The number of halogens is 1. The van der Waals surface area contributed by atoms with E-state index in [9.17, 15) is 18.8 Å². The Kier molecular flexibility index (Phi) is 5.16. The largest absolute Gasteiger partial charge is 0.459 e. The maximum absolute atomic E-state index is 13.0. The molecule has 0 saturated heterocycles. The summed E-state index contributed by atoms with van der Waals surface area (Å²) in [5.41, 5.74) is 0.730. The molecule has 2 N–H and O–H groups in total. The second kappa shape index (κ2) is 7.69. The van der Waals surface area contributed by atoms with Crippen LogP contribution in [0.25, 0.3) is 11.0 Å². The third kappa shape index (κ3) is 3.95. The SMILES string of the molecule is CCOC(=O)C(=O)Nc1c(C(=O)Nc2ccc(F)cc2)oc2ccccc12. The van der Waals surface area contributed by atoms with Gasteiger partial charge in [-0.05, 0) is 43.3 Å². The van der Waals surface area contributed by atoms with Crippen molar-refractivity contribution in [3.63, 3.8) is 0 Å². The van der Waals surface area contributed by atoms with Gasteiger partial charge in [-0.1, -0.05) is 12.1 Å². The Morgan fingerprint density at radius 3 is 2.44 bits per heavy atom. The number of amides is 2. The van der Waals surface area contributed by atoms with Crippen LogP contribution in [-0.4, -0.2) is 24.4 Å². The van der Waals surface area contributed by atoms with E-state index in [-0.39, 0.29) is 18.1 Å². The number of hydrogen-bond acceptors (Lipinski definition) is 5. The summed E-state index contributed by atoms with van der Waals surface area (Å²) in [7, 11) is 0. The highest BCUT2D eigenvalue weighted by molar-refractivity contribution is 6.38. The van der Waals surface area contributed by atoms with Gasteiger partial charge in [0.2, 0.25) is 5.76 Å². The summed E-state index contributed by atoms with van der Waals surface area (Å²) in [5.74, 6) is -3.42. The Labute approximate surface area is 153 Å². The number of anilines is 2. The third-order valence-electron chi connectivity index (χ3n) is 3.60. The quantitative estimate of drug-likeness (QED) is 0.542. The molecule has 2 aromatic carbocycles. The average Bonchev–Trinajstić information content (AvgIpc) is 3.02. The smallest absolute Gasteiger partial charge is 0.397 e. The van der Waals surface area contributed by atoms with Crippen LogP contribution in [0.3, 0.4) is 0 Å². The van der Waals surface area contributed by atoms with Crippen molar-refractivity contribution in [2.75, 3.05) is 17.2 Å². The van der Waals surface area contributed by atoms with Crippen molar-refractivity contribution in [3.8, 4) is 0 Å². The Morgan fingerprint density at radius 2 is 1.74 bits per heavy atom. The van der Waals surface area contributed by atoms with E-state index >= 15 is 0 Å². The molecule has 0 atom stereocenters. The Bertz CT molecular complexity index is 1010. The predicted octanol–water partition coefficient (Wildman–Crippen LogP) is 3.33. The van der Waals surface area contributed by atoms with Gasteiger partial charge in [0.1, 0.15) is 17.1 Å². The lowest BCUT2D eigenvalue weighted by atomic mass is 10.2. The minimum Gasteiger partial charge on any atom is -0.459 e. The van der Waals surface area contributed by atoms with Crippen LogP contribution in [0.2, 0.25) is 0 Å². The summed E-state index contributed by atoms with van der Waals surface area (Å²) >= 11 is 0. The summed E-state index contributed by atoms with van der Waals surface area (Å²) in [4.78, 5) is 36.2. The molecule has 3 aromatic rings. The van der Waals surface area contributed by atoms with Crippen molar-refractivity contribution >= 4 is 40.1 Å². The van der Waals surface area contributed by atoms with E-state index in [0.29, 0.717) is 16.7 Å². The van der Waals surface area contributed by atoms with Crippen LogP contribution < -0.4 is 10.6 Å². The van der Waals surface area contributed by atoms with Crippen molar-refractivity contribution in [2.45, 2.75) is 6.92 Å². The fourth-order valence-corrected chi connectivity index (χ4v) is 2.41. The number of carbonyl (C=O) groups is 3. The molecule has 0 unspecified atom stereocenters. The number of nitrogens with one attached hydrogen (secondary N) is 2. The zero-order chi connectivity index (χ0) is 19.4. The van der Waals surface area contributed by atoms with Gasteiger partial charge in [-0.3, -0.25) is 9.59 Å². The van der Waals surface area contributed by atoms with Crippen LogP contribution in [0.5, 0.6) is 0 Å². The molecule has 0 saturated carbocycles. The maximum atomic E-state index is 13.0. The molecular formula is C19H15FN2O5. The first-order valence-corrected chi connectivity index (χ1v) is 8.06. The molecule has 0 radical (unpaired) electrons. The molecule has 0 aliphatic heterocycles. The van der Waals surface area contributed by atoms with Gasteiger partial charge in [-0.2, -0.15) is 0 Å². The number of fused-ring (bicyclic) bond motifs is 1. The fraction of sp³-hybridized carbons (Fsp3) is 0.105. The van der Waals surface area contributed by atoms with Crippen molar-refractivity contribution in [3.05, 3.63) is 60.1 Å². The highest BCUT2D eigenvalue weighted by atomic mass is 19.1. The third-order valence-corrected chi connectivity index (χ3v) is 3.60. The molecule has 0 fully saturated rings. The summed E-state index contributed by atoms with van der Waals surface area (Å²) < 4.78 is 23.2. The van der Waals surface area contributed by atoms with E-state index < -0.39 is 23.6 Å². The van der Waals surface area contributed by atoms with Crippen LogP contribution in [0.4, 0.5) is 15.8 Å². The number of esters is 1. The van der Waals surface area contributed by atoms with Crippen LogP contribution >= 0.6 is 0 Å². The van der Waals surface area contributed by atoms with E-state index in [1.165, 1.54) is 24.3 Å². The molecule has 0 aliphatic rings. The summed E-state index contributed by atoms with van der Waals surface area (Å²) in [5, 5.41) is 5.36. The lowest BCUT2D eigenvalue weighted by Crippen LogP contribution is -2.26. The minimum absolute atomic E-state index is 0.0380. The van der Waals surface area contributed by atoms with Gasteiger partial charge in [0.25, 0.3) is 5.91 Å². The highest BCUT2D eigenvalue weighted by Crippen LogP contribution is 2.31. The van der Waals surface area contributed by atoms with Crippen LogP contribution in [0, 0.1) is 5.82 Å². The van der Waals surface area contributed by atoms with E-state index in [1.807, 2.05) is 0 Å². The first kappa shape index (κ1) is 18.1. The van der Waals surface area contributed by atoms with E-state index in [4.69, 9.17) is 4.42 Å². The van der Waals surface area contributed by atoms with Gasteiger partial charge < -0.3 is 19.8 Å². The first-order valence-electron chi connectivity index (χ1n) is 8.06. The normalized spacial score (nSPS) is 10.4. The van der Waals surface area contributed by atoms with Crippen LogP contribution in [-0.2, 0) is 14.3 Å². The Hall–Kier alpha value is -3.68. The second-order valence-corrected chi connectivity index (χ2v) is 5.44. The molecule has 7 nitrogen and oxygen atoms in total. The van der Waals surface area contributed by atoms with Crippen molar-refractivity contribution < 1.29 is 27.9 Å². The lowest BCUT2D eigenvalue weighted by Gasteiger charge is -2.07. The number of rotatable bonds is 4. The molecular weight excluding hydrogens is 355 g/mol. The van der Waals surface area contributed by atoms with Gasteiger partial charge in [0.05, 0.1) is 6.61 Å². The van der Waals surface area contributed by atoms with E-state index in [0.717, 1.165) is 0 Å². The first-order chi connectivity index (χ1) is 13.0. The molecule has 3 rings (SSSR count). The van der Waals surface area contributed by atoms with Gasteiger partial charge in [-0.25, -0.2) is 9.18 Å². The second-order valence-electron chi connectivity index (χ2n) is 5.44. The summed E-state index contributed by atoms with van der Waals surface area (Å²) in [6.07, 6.45) is 0. The van der Waals surface area contributed by atoms with Gasteiger partial charge >= 0.3 is 11.9 Å². The van der Waals surface area contributed by atoms with Crippen molar-refractivity contribution in [1.29, 1.82) is 0 Å². The van der Waals surface area contributed by atoms with Crippen molar-refractivity contribution in [1.82, 2.24) is 0 Å². The fourth-order valence-electron chi connectivity index (χ4n) is 2.41. The topological polar surface area (TPSA) is 97.6 Å². The Morgan fingerprint density at radius 1 is 1.04 bits per heavy atom. The number of ether oxygens (including phenoxy) is 1. The number of benzene rings is 2. The summed E-state index contributed by atoms with van der Waals surface area (Å²) in [6.45, 7) is 1.61. The van der Waals surface area contributed by atoms with Gasteiger partial charge in [0, 0.05) is 11.1 Å². The molecule has 1 aromatic heterocycles. The minimum atomic E-state index is -1.08. The molecule has 1 heterocycles. The lowest BCUT2D eigenvalue weighted by molar-refractivity contribution is -0.152. The number of furan rings is 1. The van der Waals surface area contributed by atoms with E-state index in [1.54, 1.807) is 31.2 Å². The predicted molar refractivity (Wildman–Crippen MR) is 95.8 cm³/mol. The molecule has 0 bridgehead atoms. The van der Waals surface area contributed by atoms with Crippen molar-refractivity contribution in [2.24, 2.45) is 0 Å². The molecule has 8 heteroatoms. The maximum Gasteiger partial charge on any atom is 0.397 e. The van der Waals surface area contributed by atoms with E-state index in [2.05, 4.69) is 15.4 Å². The van der Waals surface area contributed by atoms with Crippen LogP contribution in [0.15, 0.2) is 52.9 Å². The molecule has 27 heavy (non-hydrogen) atoms. The monoisotopic (exact) mass is 370 g/mol. The van der Waals surface area contributed by atoms with Gasteiger partial charge in [0.15, 0.2) is 0 Å². The number of hydrogen-bond donors (Lipinski definition) is 2. The molecule has 2 amide bonds. The molecule has 0 spiro atoms.